The molecule has 3 heterocycles. The molecule has 3 aromatic heterocycles. The molecule has 0 atom stereocenters. The van der Waals surface area contributed by atoms with Crippen molar-refractivity contribution >= 4 is 11.7 Å². The summed E-state index contributed by atoms with van der Waals surface area (Å²) in [6, 6.07) is 5.15. The van der Waals surface area contributed by atoms with Gasteiger partial charge < -0.3 is 4.74 Å². The Balaban J connectivity index is 2.26. The zero-order chi connectivity index (χ0) is 14.1. The number of pyridine rings is 1. The summed E-state index contributed by atoms with van der Waals surface area (Å²) in [5.41, 5.74) is 0.206. The minimum atomic E-state index is -0.789. The summed E-state index contributed by atoms with van der Waals surface area (Å²) >= 11 is 0. The van der Waals surface area contributed by atoms with Crippen molar-refractivity contribution in [2.45, 2.75) is 0 Å². The highest BCUT2D eigenvalue weighted by Crippen LogP contribution is 2.10. The molecule has 0 aromatic carbocycles. The van der Waals surface area contributed by atoms with Gasteiger partial charge >= 0.3 is 6.09 Å². The Morgan fingerprint density at radius 2 is 2.20 bits per heavy atom. The SMILES string of the molecule is COC(=O)n1nnnc1-c1cnc2ccccn2c1=O. The fourth-order valence-corrected chi connectivity index (χ4v) is 1.74. The Hall–Kier alpha value is -3.10. The summed E-state index contributed by atoms with van der Waals surface area (Å²) in [5, 5.41) is 10.5. The van der Waals surface area contributed by atoms with E-state index in [0.717, 1.165) is 4.68 Å². The van der Waals surface area contributed by atoms with Crippen LogP contribution in [0.1, 0.15) is 0 Å². The Kier molecular flexibility index (Phi) is 2.71. The first kappa shape index (κ1) is 12.0. The summed E-state index contributed by atoms with van der Waals surface area (Å²) in [4.78, 5) is 28.0. The number of carbonyl (C=O) groups excluding carboxylic acids is 1. The Morgan fingerprint density at radius 3 is 3.00 bits per heavy atom. The molecule has 0 unspecified atom stereocenters. The second-order valence-corrected chi connectivity index (χ2v) is 3.79. The lowest BCUT2D eigenvalue weighted by atomic mass is 10.3. The predicted octanol–water partition coefficient (Wildman–Crippen LogP) is -0.0375. The van der Waals surface area contributed by atoms with Gasteiger partial charge in [0, 0.05) is 12.4 Å². The molecule has 0 saturated heterocycles. The van der Waals surface area contributed by atoms with Crippen molar-refractivity contribution < 1.29 is 9.53 Å². The standard InChI is InChI=1S/C11H8N6O3/c1-20-11(19)17-9(13-14-15-17)7-6-12-8-4-2-3-5-16(8)10(7)18/h2-6H,1H3. The Bertz CT molecular complexity index is 852. The van der Waals surface area contributed by atoms with Crippen LogP contribution in [-0.2, 0) is 4.74 Å². The summed E-state index contributed by atoms with van der Waals surface area (Å²) in [6.07, 6.45) is 2.10. The van der Waals surface area contributed by atoms with Crippen molar-refractivity contribution in [3.05, 3.63) is 40.9 Å². The van der Waals surface area contributed by atoms with Crippen LogP contribution in [0.25, 0.3) is 17.0 Å². The number of aromatic nitrogens is 6. The largest absolute Gasteiger partial charge is 0.451 e. The third-order valence-corrected chi connectivity index (χ3v) is 2.67. The van der Waals surface area contributed by atoms with Crippen molar-refractivity contribution in [2.24, 2.45) is 0 Å². The van der Waals surface area contributed by atoms with Gasteiger partial charge in [-0.2, -0.15) is 0 Å². The first-order chi connectivity index (χ1) is 9.72. The van der Waals surface area contributed by atoms with Crippen molar-refractivity contribution in [2.75, 3.05) is 7.11 Å². The van der Waals surface area contributed by atoms with E-state index in [-0.39, 0.29) is 16.9 Å². The summed E-state index contributed by atoms with van der Waals surface area (Å²) in [6.45, 7) is 0. The monoisotopic (exact) mass is 272 g/mol. The molecule has 0 aliphatic heterocycles. The van der Waals surface area contributed by atoms with Crippen LogP contribution in [0.3, 0.4) is 0 Å². The van der Waals surface area contributed by atoms with Gasteiger partial charge in [0.25, 0.3) is 5.56 Å². The number of nitrogens with zero attached hydrogens (tertiary/aromatic N) is 6. The molecule has 0 amide bonds. The smallest absolute Gasteiger partial charge is 0.437 e. The highest BCUT2D eigenvalue weighted by molar-refractivity contribution is 5.74. The van der Waals surface area contributed by atoms with E-state index in [1.807, 2.05) is 0 Å². The van der Waals surface area contributed by atoms with Gasteiger partial charge in [-0.05, 0) is 22.6 Å². The van der Waals surface area contributed by atoms with Crippen molar-refractivity contribution in [3.63, 3.8) is 0 Å². The van der Waals surface area contributed by atoms with Gasteiger partial charge in [-0.3, -0.25) is 9.20 Å². The number of hydrogen-bond donors (Lipinski definition) is 0. The molecule has 3 aromatic rings. The highest BCUT2D eigenvalue weighted by atomic mass is 16.5. The van der Waals surface area contributed by atoms with Crippen molar-refractivity contribution in [1.29, 1.82) is 0 Å². The number of methoxy groups -OCH3 is 1. The summed E-state index contributed by atoms with van der Waals surface area (Å²) in [5.74, 6) is -0.0207. The zero-order valence-corrected chi connectivity index (χ0v) is 10.3. The molecule has 0 aliphatic rings. The van der Waals surface area contributed by atoms with Gasteiger partial charge in [-0.25, -0.2) is 9.78 Å². The molecule has 0 bridgehead atoms. The van der Waals surface area contributed by atoms with Crippen molar-refractivity contribution in [3.8, 4) is 11.4 Å². The van der Waals surface area contributed by atoms with Gasteiger partial charge in [0.15, 0.2) is 0 Å². The molecule has 0 saturated carbocycles. The quantitative estimate of drug-likeness (QED) is 0.572. The zero-order valence-electron chi connectivity index (χ0n) is 10.3. The van der Waals surface area contributed by atoms with E-state index in [0.29, 0.717) is 5.65 Å². The van der Waals surface area contributed by atoms with Crippen LogP contribution < -0.4 is 5.56 Å². The van der Waals surface area contributed by atoms with Gasteiger partial charge in [0.2, 0.25) is 5.82 Å². The number of tetrazole rings is 1. The number of rotatable bonds is 1. The van der Waals surface area contributed by atoms with Gasteiger partial charge in [-0.15, -0.1) is 9.78 Å². The minimum absolute atomic E-state index is 0.0207. The summed E-state index contributed by atoms with van der Waals surface area (Å²) in [7, 11) is 1.19. The third kappa shape index (κ3) is 1.72. The fourth-order valence-electron chi connectivity index (χ4n) is 1.74. The maximum Gasteiger partial charge on any atom is 0.437 e. The molecule has 3 rings (SSSR count). The van der Waals surface area contributed by atoms with Gasteiger partial charge in [-0.1, -0.05) is 6.07 Å². The van der Waals surface area contributed by atoms with E-state index in [2.05, 4.69) is 25.2 Å². The van der Waals surface area contributed by atoms with E-state index in [1.54, 1.807) is 24.4 Å². The van der Waals surface area contributed by atoms with Crippen LogP contribution >= 0.6 is 0 Å². The molecule has 9 heteroatoms. The van der Waals surface area contributed by atoms with E-state index in [4.69, 9.17) is 0 Å². The van der Waals surface area contributed by atoms with Crippen LogP contribution in [0.15, 0.2) is 35.4 Å². The summed E-state index contributed by atoms with van der Waals surface area (Å²) < 4.78 is 6.67. The Labute approximate surface area is 111 Å². The maximum absolute atomic E-state index is 12.4. The lowest BCUT2D eigenvalue weighted by molar-refractivity contribution is 0.169. The van der Waals surface area contributed by atoms with Crippen LogP contribution in [0, 0.1) is 0 Å². The number of ether oxygens (including phenoxy) is 1. The van der Waals surface area contributed by atoms with Crippen LogP contribution in [0.5, 0.6) is 0 Å². The molecular formula is C11H8N6O3. The van der Waals surface area contributed by atoms with Crippen LogP contribution in [0.2, 0.25) is 0 Å². The van der Waals surface area contributed by atoms with Crippen molar-refractivity contribution in [1.82, 2.24) is 29.6 Å². The molecule has 0 N–H and O–H groups in total. The van der Waals surface area contributed by atoms with Gasteiger partial charge in [0.1, 0.15) is 11.2 Å². The van der Waals surface area contributed by atoms with E-state index in [1.165, 1.54) is 17.7 Å². The molecule has 0 aliphatic carbocycles. The number of carbonyl (C=O) groups is 1. The second kappa shape index (κ2) is 4.53. The average Bonchev–Trinajstić information content (AvgIpc) is 2.96. The van der Waals surface area contributed by atoms with Gasteiger partial charge in [0.05, 0.1) is 7.11 Å². The Morgan fingerprint density at radius 1 is 1.35 bits per heavy atom. The minimum Gasteiger partial charge on any atom is -0.451 e. The second-order valence-electron chi connectivity index (χ2n) is 3.79. The van der Waals surface area contributed by atoms with E-state index in [9.17, 15) is 9.59 Å². The van der Waals surface area contributed by atoms with Crippen LogP contribution in [0.4, 0.5) is 4.79 Å². The molecule has 9 nitrogen and oxygen atoms in total. The molecule has 0 radical (unpaired) electrons. The third-order valence-electron chi connectivity index (χ3n) is 2.67. The normalized spacial score (nSPS) is 10.7. The molecular weight excluding hydrogens is 264 g/mol. The maximum atomic E-state index is 12.4. The molecule has 0 fully saturated rings. The predicted molar refractivity (Wildman–Crippen MR) is 66.1 cm³/mol. The molecule has 100 valence electrons. The first-order valence-electron chi connectivity index (χ1n) is 5.56. The highest BCUT2D eigenvalue weighted by Gasteiger charge is 2.19. The topological polar surface area (TPSA) is 104 Å². The average molecular weight is 272 g/mol. The first-order valence-corrected chi connectivity index (χ1v) is 5.56. The van der Waals surface area contributed by atoms with E-state index < -0.39 is 6.09 Å². The molecule has 0 spiro atoms. The van der Waals surface area contributed by atoms with E-state index >= 15 is 0 Å². The lowest BCUT2D eigenvalue weighted by Gasteiger charge is -2.03. The molecule has 20 heavy (non-hydrogen) atoms. The fraction of sp³-hybridized carbons (Fsp3) is 0.0909. The lowest BCUT2D eigenvalue weighted by Crippen LogP contribution is -2.21. The number of fused-ring (bicyclic) bond motifs is 1. The number of hydrogen-bond acceptors (Lipinski definition) is 7. The van der Waals surface area contributed by atoms with Crippen LogP contribution in [-0.4, -0.2) is 42.8 Å².